The van der Waals surface area contributed by atoms with Crippen LogP contribution in [0.1, 0.15) is 48.0 Å². The van der Waals surface area contributed by atoms with Crippen molar-refractivity contribution < 1.29 is 4.79 Å². The summed E-state index contributed by atoms with van der Waals surface area (Å²) in [6.07, 6.45) is 9.57. The van der Waals surface area contributed by atoms with Gasteiger partial charge in [-0.3, -0.25) is 9.78 Å². The van der Waals surface area contributed by atoms with E-state index in [0.717, 1.165) is 69.3 Å². The first-order valence-corrected chi connectivity index (χ1v) is 14.9. The monoisotopic (exact) mass is 535 g/mol. The van der Waals surface area contributed by atoms with Crippen molar-refractivity contribution in [1.82, 2.24) is 9.55 Å². The van der Waals surface area contributed by atoms with E-state index in [1.807, 2.05) is 18.3 Å². The molecular formula is C37H33N3O. The molecule has 4 nitrogen and oxygen atoms in total. The molecule has 0 radical (unpaired) electrons. The van der Waals surface area contributed by atoms with E-state index in [0.29, 0.717) is 5.56 Å². The standard InChI is InChI=1S/C37H33N3O/c38-37(41)31-17-16-29(21-26(31)15-14-25-19-23-12-13-24(25)18-23)40-34-10-4-2-7-32(34)36-30(8-5-11-35(36)40)28-20-27-6-1-3-9-33(27)39-22-28/h1-11,16-17,20-25H,12-15,18-19H2,(H2,38,41). The molecule has 2 bridgehead atoms. The summed E-state index contributed by atoms with van der Waals surface area (Å²) >= 11 is 0. The number of nitrogens with zero attached hydrogens (tertiary/aromatic N) is 2. The molecule has 2 saturated carbocycles. The van der Waals surface area contributed by atoms with E-state index < -0.39 is 0 Å². The van der Waals surface area contributed by atoms with Gasteiger partial charge in [0.25, 0.3) is 0 Å². The zero-order valence-corrected chi connectivity index (χ0v) is 23.1. The molecule has 2 heterocycles. The van der Waals surface area contributed by atoms with Crippen molar-refractivity contribution in [2.24, 2.45) is 23.5 Å². The van der Waals surface area contributed by atoms with Gasteiger partial charge in [0.2, 0.25) is 5.91 Å². The highest BCUT2D eigenvalue weighted by Crippen LogP contribution is 2.50. The number of carbonyl (C=O) groups excluding carboxylic acids is 1. The van der Waals surface area contributed by atoms with Gasteiger partial charge in [0, 0.05) is 39.2 Å². The van der Waals surface area contributed by atoms with Crippen molar-refractivity contribution in [2.45, 2.75) is 38.5 Å². The fourth-order valence-electron chi connectivity index (χ4n) is 7.99. The summed E-state index contributed by atoms with van der Waals surface area (Å²) in [5.41, 5.74) is 14.2. The Kier molecular flexibility index (Phi) is 5.70. The van der Waals surface area contributed by atoms with Crippen molar-refractivity contribution in [3.8, 4) is 16.8 Å². The topological polar surface area (TPSA) is 60.9 Å². The Bertz CT molecular complexity index is 1970. The molecule has 0 aliphatic heterocycles. The number of benzene rings is 4. The van der Waals surface area contributed by atoms with Gasteiger partial charge in [-0.05, 0) is 103 Å². The Balaban J connectivity index is 1.27. The Morgan fingerprint density at radius 2 is 1.73 bits per heavy atom. The maximum Gasteiger partial charge on any atom is 0.248 e. The minimum atomic E-state index is -0.340. The van der Waals surface area contributed by atoms with E-state index in [4.69, 9.17) is 10.7 Å². The summed E-state index contributed by atoms with van der Waals surface area (Å²) < 4.78 is 2.34. The van der Waals surface area contributed by atoms with Gasteiger partial charge in [-0.2, -0.15) is 0 Å². The molecule has 2 N–H and O–H groups in total. The van der Waals surface area contributed by atoms with Crippen LogP contribution in [-0.2, 0) is 6.42 Å². The molecule has 8 rings (SSSR count). The number of amides is 1. The molecule has 4 heteroatoms. The second-order valence-electron chi connectivity index (χ2n) is 12.1. The average Bonchev–Trinajstić information content (AvgIpc) is 3.73. The van der Waals surface area contributed by atoms with Crippen molar-refractivity contribution in [1.29, 1.82) is 0 Å². The number of fused-ring (bicyclic) bond motifs is 6. The molecular weight excluding hydrogens is 502 g/mol. The van der Waals surface area contributed by atoms with E-state index in [2.05, 4.69) is 83.4 Å². The Morgan fingerprint density at radius 1 is 0.878 bits per heavy atom. The van der Waals surface area contributed by atoms with Crippen LogP contribution < -0.4 is 5.73 Å². The summed E-state index contributed by atoms with van der Waals surface area (Å²) in [5.74, 6) is 2.24. The van der Waals surface area contributed by atoms with Crippen LogP contribution in [0.4, 0.5) is 0 Å². The van der Waals surface area contributed by atoms with Crippen molar-refractivity contribution in [3.05, 3.63) is 108 Å². The van der Waals surface area contributed by atoms with Gasteiger partial charge in [-0.25, -0.2) is 0 Å². The summed E-state index contributed by atoms with van der Waals surface area (Å²) in [5, 5.41) is 3.55. The number of nitrogens with two attached hydrogens (primary N) is 1. The first-order chi connectivity index (χ1) is 20.1. The van der Waals surface area contributed by atoms with E-state index in [-0.39, 0.29) is 5.91 Å². The maximum atomic E-state index is 12.5. The zero-order chi connectivity index (χ0) is 27.5. The number of carbonyl (C=O) groups is 1. The lowest BCUT2D eigenvalue weighted by atomic mass is 9.84. The number of aromatic nitrogens is 2. The molecule has 2 aromatic heterocycles. The Hall–Kier alpha value is -4.44. The molecule has 6 aromatic rings. The lowest BCUT2D eigenvalue weighted by molar-refractivity contribution is 0.0999. The molecule has 2 aliphatic rings. The van der Waals surface area contributed by atoms with Gasteiger partial charge in [-0.15, -0.1) is 0 Å². The molecule has 0 spiro atoms. The second-order valence-corrected chi connectivity index (χ2v) is 12.1. The van der Waals surface area contributed by atoms with Gasteiger partial charge in [0.1, 0.15) is 0 Å². The summed E-state index contributed by atoms with van der Waals surface area (Å²) in [7, 11) is 0. The minimum absolute atomic E-state index is 0.340. The van der Waals surface area contributed by atoms with E-state index in [1.54, 1.807) is 0 Å². The number of primary amides is 1. The second kappa shape index (κ2) is 9.59. The smallest absolute Gasteiger partial charge is 0.248 e. The van der Waals surface area contributed by atoms with Crippen molar-refractivity contribution in [2.75, 3.05) is 0 Å². The normalized spacial score (nSPS) is 20.0. The van der Waals surface area contributed by atoms with E-state index >= 15 is 0 Å². The zero-order valence-electron chi connectivity index (χ0n) is 23.1. The molecule has 2 fully saturated rings. The lowest BCUT2D eigenvalue weighted by Gasteiger charge is -2.22. The van der Waals surface area contributed by atoms with Crippen LogP contribution in [0.25, 0.3) is 49.5 Å². The highest BCUT2D eigenvalue weighted by atomic mass is 16.1. The van der Waals surface area contributed by atoms with Crippen LogP contribution in [-0.4, -0.2) is 15.5 Å². The number of para-hydroxylation sites is 2. The highest BCUT2D eigenvalue weighted by Gasteiger charge is 2.39. The van der Waals surface area contributed by atoms with Gasteiger partial charge in [0.15, 0.2) is 0 Å². The Morgan fingerprint density at radius 3 is 2.59 bits per heavy atom. The van der Waals surface area contributed by atoms with Crippen LogP contribution in [0.5, 0.6) is 0 Å². The molecule has 3 unspecified atom stereocenters. The largest absolute Gasteiger partial charge is 0.366 e. The third kappa shape index (κ3) is 4.04. The first kappa shape index (κ1) is 24.4. The van der Waals surface area contributed by atoms with Gasteiger partial charge in [-0.1, -0.05) is 55.0 Å². The predicted octanol–water partition coefficient (Wildman–Crippen LogP) is 8.47. The van der Waals surface area contributed by atoms with Crippen LogP contribution >= 0.6 is 0 Å². The summed E-state index contributed by atoms with van der Waals surface area (Å²) in [4.78, 5) is 17.2. The van der Waals surface area contributed by atoms with Crippen LogP contribution in [0.3, 0.4) is 0 Å². The molecule has 202 valence electrons. The highest BCUT2D eigenvalue weighted by molar-refractivity contribution is 6.16. The molecule has 41 heavy (non-hydrogen) atoms. The molecule has 3 atom stereocenters. The third-order valence-electron chi connectivity index (χ3n) is 9.88. The number of hydrogen-bond donors (Lipinski definition) is 1. The molecule has 4 aromatic carbocycles. The van der Waals surface area contributed by atoms with E-state index in [1.165, 1.54) is 42.0 Å². The number of aryl methyl sites for hydroxylation is 1. The average molecular weight is 536 g/mol. The van der Waals surface area contributed by atoms with Crippen LogP contribution in [0, 0.1) is 17.8 Å². The van der Waals surface area contributed by atoms with E-state index in [9.17, 15) is 4.79 Å². The summed E-state index contributed by atoms with van der Waals surface area (Å²) in [6, 6.07) is 31.8. The fourth-order valence-corrected chi connectivity index (χ4v) is 7.99. The third-order valence-corrected chi connectivity index (χ3v) is 9.88. The predicted molar refractivity (Wildman–Crippen MR) is 167 cm³/mol. The fraction of sp³-hybridized carbons (Fsp3) is 0.243. The number of hydrogen-bond acceptors (Lipinski definition) is 2. The van der Waals surface area contributed by atoms with Crippen molar-refractivity contribution >= 4 is 38.6 Å². The lowest BCUT2D eigenvalue weighted by Crippen LogP contribution is -2.16. The van der Waals surface area contributed by atoms with Gasteiger partial charge >= 0.3 is 0 Å². The number of pyridine rings is 1. The molecule has 2 aliphatic carbocycles. The van der Waals surface area contributed by atoms with Crippen LogP contribution in [0.15, 0.2) is 97.2 Å². The number of rotatable bonds is 6. The Labute approximate surface area is 239 Å². The van der Waals surface area contributed by atoms with Crippen LogP contribution in [0.2, 0.25) is 0 Å². The molecule has 1 amide bonds. The first-order valence-electron chi connectivity index (χ1n) is 14.9. The van der Waals surface area contributed by atoms with Crippen molar-refractivity contribution in [3.63, 3.8) is 0 Å². The maximum absolute atomic E-state index is 12.5. The van der Waals surface area contributed by atoms with Gasteiger partial charge in [0.05, 0.1) is 16.6 Å². The van der Waals surface area contributed by atoms with Gasteiger partial charge < -0.3 is 10.3 Å². The molecule has 0 saturated heterocycles. The SMILES string of the molecule is NC(=O)c1ccc(-n2c3ccccc3c3c(-c4cnc5ccccc5c4)cccc32)cc1CCC1CC2CCC1C2. The quantitative estimate of drug-likeness (QED) is 0.232. The minimum Gasteiger partial charge on any atom is -0.366 e. The summed E-state index contributed by atoms with van der Waals surface area (Å²) in [6.45, 7) is 0.